The van der Waals surface area contributed by atoms with Crippen LogP contribution in [0.3, 0.4) is 0 Å². The second kappa shape index (κ2) is 11.1. The first-order chi connectivity index (χ1) is 8.67. The van der Waals surface area contributed by atoms with Crippen molar-refractivity contribution in [3.8, 4) is 0 Å². The normalized spacial score (nSPS) is 18.3. The summed E-state index contributed by atoms with van der Waals surface area (Å²) in [5, 5.41) is 11.6. The molecule has 0 aromatic rings. The molecular weight excluding hydrogens is 271 g/mol. The maximum atomic E-state index is 10.6. The maximum Gasteiger partial charge on any atom is 1.00 e. The van der Waals surface area contributed by atoms with E-state index in [1.54, 1.807) is 11.8 Å². The van der Waals surface area contributed by atoms with Gasteiger partial charge < -0.3 is 9.90 Å². The van der Waals surface area contributed by atoms with Crippen LogP contribution >= 0.6 is 11.8 Å². The van der Waals surface area contributed by atoms with Gasteiger partial charge in [0.05, 0.1) is 17.0 Å². The molecule has 1 atom stereocenters. The number of hydrogen-bond acceptors (Lipinski definition) is 5. The molecule has 1 unspecified atom stereocenters. The van der Waals surface area contributed by atoms with E-state index < -0.39 is 5.97 Å². The van der Waals surface area contributed by atoms with E-state index in [9.17, 15) is 9.90 Å². The number of carbonyl (C=O) groups is 1. The van der Waals surface area contributed by atoms with Crippen molar-refractivity contribution in [3.05, 3.63) is 0 Å². The van der Waals surface area contributed by atoms with E-state index in [1.807, 2.05) is 0 Å². The molecule has 0 saturated heterocycles. The molecule has 104 valence electrons. The van der Waals surface area contributed by atoms with Crippen LogP contribution in [0.5, 0.6) is 0 Å². The van der Waals surface area contributed by atoms with E-state index >= 15 is 0 Å². The Morgan fingerprint density at radius 3 is 2.42 bits per heavy atom. The molecule has 1 aliphatic rings. The second-order valence-electron chi connectivity index (χ2n) is 4.60. The van der Waals surface area contributed by atoms with Gasteiger partial charge in [0.2, 0.25) is 0 Å². The molecule has 1 heterocycles. The Labute approximate surface area is 142 Å². The summed E-state index contributed by atoms with van der Waals surface area (Å²) in [7, 11) is 0. The molecule has 19 heavy (non-hydrogen) atoms. The average Bonchev–Trinajstić information content (AvgIpc) is 2.77. The van der Waals surface area contributed by atoms with Crippen LogP contribution in [0.2, 0.25) is 0 Å². The molecule has 0 aliphatic carbocycles. The quantitative estimate of drug-likeness (QED) is 0.486. The number of thioether (sulfide) groups is 1. The molecule has 0 aromatic heterocycles. The molecule has 4 nitrogen and oxygen atoms in total. The molecule has 0 radical (unpaired) electrons. The Morgan fingerprint density at radius 1 is 1.37 bits per heavy atom. The van der Waals surface area contributed by atoms with Gasteiger partial charge in [-0.3, -0.25) is 9.89 Å². The molecule has 0 amide bonds. The van der Waals surface area contributed by atoms with E-state index in [1.165, 1.54) is 25.7 Å². The zero-order valence-corrected chi connectivity index (χ0v) is 15.2. The predicted molar refractivity (Wildman–Crippen MR) is 74.7 cm³/mol. The van der Waals surface area contributed by atoms with Crippen molar-refractivity contribution < 1.29 is 39.5 Å². The van der Waals surface area contributed by atoms with Crippen molar-refractivity contribution in [1.29, 1.82) is 0 Å². The fraction of sp³-hybridized carbons (Fsp3) is 0.846. The fourth-order valence-electron chi connectivity index (χ4n) is 1.94. The van der Waals surface area contributed by atoms with Crippen LogP contribution in [-0.2, 0) is 4.79 Å². The molecular formula is C13H23N2NaO2S. The molecule has 6 heteroatoms. The van der Waals surface area contributed by atoms with Gasteiger partial charge in [0, 0.05) is 12.4 Å². The molecule has 0 N–H and O–H groups in total. The summed E-state index contributed by atoms with van der Waals surface area (Å²) in [5.41, 5.74) is 0. The van der Waals surface area contributed by atoms with Crippen molar-refractivity contribution >= 4 is 22.8 Å². The van der Waals surface area contributed by atoms with Gasteiger partial charge in [-0.1, -0.05) is 38.5 Å². The van der Waals surface area contributed by atoms with Gasteiger partial charge in [0.25, 0.3) is 0 Å². The van der Waals surface area contributed by atoms with Crippen LogP contribution in [0.4, 0.5) is 0 Å². The Balaban J connectivity index is 0.00000324. The van der Waals surface area contributed by atoms with Crippen LogP contribution in [0.25, 0.3) is 0 Å². The Bertz CT molecular complexity index is 292. The van der Waals surface area contributed by atoms with Crippen LogP contribution in [0.1, 0.15) is 46.0 Å². The average molecular weight is 294 g/mol. The maximum absolute atomic E-state index is 10.6. The minimum atomic E-state index is -1.03. The molecule has 0 aromatic carbocycles. The summed E-state index contributed by atoms with van der Waals surface area (Å²) in [6.07, 6.45) is 4.73. The van der Waals surface area contributed by atoms with Crippen molar-refractivity contribution in [1.82, 2.24) is 4.90 Å². The predicted octanol–water partition coefficient (Wildman–Crippen LogP) is -1.50. The van der Waals surface area contributed by atoms with Crippen molar-refractivity contribution in [2.45, 2.75) is 51.3 Å². The molecule has 0 bridgehead atoms. The SMILES string of the molecule is CCCCN(CCCC)C1CN=C(CC(=O)[O-])S1.[Na+]. The van der Waals surface area contributed by atoms with Crippen molar-refractivity contribution in [2.24, 2.45) is 4.99 Å². The summed E-state index contributed by atoms with van der Waals surface area (Å²) < 4.78 is 0. The van der Waals surface area contributed by atoms with Gasteiger partial charge in [-0.2, -0.15) is 0 Å². The number of nitrogens with zero attached hydrogens (tertiary/aromatic N) is 2. The number of rotatable bonds is 9. The van der Waals surface area contributed by atoms with Crippen molar-refractivity contribution in [3.63, 3.8) is 0 Å². The minimum absolute atomic E-state index is 0. The van der Waals surface area contributed by atoms with E-state index in [-0.39, 0.29) is 36.0 Å². The molecule has 0 spiro atoms. The van der Waals surface area contributed by atoms with Crippen LogP contribution in [0, 0.1) is 0 Å². The Morgan fingerprint density at radius 2 is 1.95 bits per heavy atom. The van der Waals surface area contributed by atoms with Gasteiger partial charge >= 0.3 is 29.6 Å². The van der Waals surface area contributed by atoms with Gasteiger partial charge in [-0.05, 0) is 25.9 Å². The molecule has 0 fully saturated rings. The smallest absolute Gasteiger partial charge is 0.550 e. The Kier molecular flexibility index (Phi) is 11.4. The van der Waals surface area contributed by atoms with Gasteiger partial charge in [-0.15, -0.1) is 0 Å². The molecule has 0 saturated carbocycles. The number of aliphatic carboxylic acids is 1. The number of carboxylic acid groups (broad SMARTS) is 1. The number of aliphatic imine (C=N–C) groups is 1. The summed E-state index contributed by atoms with van der Waals surface area (Å²) in [6, 6.07) is 0. The number of carbonyl (C=O) groups excluding carboxylic acids is 1. The summed E-state index contributed by atoms with van der Waals surface area (Å²) >= 11 is 1.60. The van der Waals surface area contributed by atoms with Crippen molar-refractivity contribution in [2.75, 3.05) is 19.6 Å². The van der Waals surface area contributed by atoms with Gasteiger partial charge in [0.15, 0.2) is 0 Å². The topological polar surface area (TPSA) is 55.7 Å². The second-order valence-corrected chi connectivity index (χ2v) is 5.85. The van der Waals surface area contributed by atoms with E-state index in [0.717, 1.165) is 24.7 Å². The Hall–Kier alpha value is 0.450. The van der Waals surface area contributed by atoms with Gasteiger partial charge in [-0.25, -0.2) is 0 Å². The van der Waals surface area contributed by atoms with Crippen LogP contribution in [-0.4, -0.2) is 40.9 Å². The van der Waals surface area contributed by atoms with Crippen LogP contribution < -0.4 is 34.7 Å². The first-order valence-corrected chi connectivity index (χ1v) is 7.69. The first-order valence-electron chi connectivity index (χ1n) is 6.81. The minimum Gasteiger partial charge on any atom is -0.550 e. The third kappa shape index (κ3) is 7.71. The van der Waals surface area contributed by atoms with Crippen LogP contribution in [0.15, 0.2) is 4.99 Å². The van der Waals surface area contributed by atoms with E-state index in [2.05, 4.69) is 23.7 Å². The standard InChI is InChI=1S/C13H24N2O2S.Na/c1-3-5-7-15(8-6-4-2)12-10-14-11(18-12)9-13(16)17;/h12H,3-10H2,1-2H3,(H,16,17);/q;+1/p-1. The fourth-order valence-corrected chi connectivity index (χ4v) is 3.12. The number of carboxylic acids is 1. The molecule has 1 aliphatic heterocycles. The number of unbranched alkanes of at least 4 members (excludes halogenated alkanes) is 2. The van der Waals surface area contributed by atoms with Gasteiger partial charge in [0.1, 0.15) is 0 Å². The third-order valence-corrected chi connectivity index (χ3v) is 4.26. The number of hydrogen-bond donors (Lipinski definition) is 0. The largest absolute Gasteiger partial charge is 1.00 e. The monoisotopic (exact) mass is 294 g/mol. The zero-order chi connectivity index (χ0) is 13.4. The summed E-state index contributed by atoms with van der Waals surface area (Å²) in [4.78, 5) is 17.3. The van der Waals surface area contributed by atoms with E-state index in [0.29, 0.717) is 5.37 Å². The summed E-state index contributed by atoms with van der Waals surface area (Å²) in [5.74, 6) is -1.03. The molecule has 1 rings (SSSR count). The first kappa shape index (κ1) is 19.4. The summed E-state index contributed by atoms with van der Waals surface area (Å²) in [6.45, 7) is 7.28. The zero-order valence-electron chi connectivity index (χ0n) is 12.4. The third-order valence-electron chi connectivity index (χ3n) is 3.00. The van der Waals surface area contributed by atoms with E-state index in [4.69, 9.17) is 0 Å².